The van der Waals surface area contributed by atoms with Crippen molar-refractivity contribution in [1.29, 1.82) is 0 Å². The molecular formula is C8H7O2. The maximum absolute atomic E-state index is 9.80. The van der Waals surface area contributed by atoms with Gasteiger partial charge in [0.25, 0.3) is 0 Å². The lowest BCUT2D eigenvalue weighted by molar-refractivity contribution is -0.107. The third-order valence-electron chi connectivity index (χ3n) is 1.00. The van der Waals surface area contributed by atoms with Crippen LogP contribution >= 0.6 is 0 Å². The van der Waals surface area contributed by atoms with E-state index in [4.69, 9.17) is 4.74 Å². The van der Waals surface area contributed by atoms with Gasteiger partial charge in [-0.3, -0.25) is 4.79 Å². The Labute approximate surface area is 59.4 Å². The molecule has 0 fully saturated rings. The Morgan fingerprint density at radius 1 is 1.20 bits per heavy atom. The molecule has 1 aromatic rings. The minimum atomic E-state index is 0.604. The SMILES string of the molecule is O=C[CH]Oc1ccccc1. The van der Waals surface area contributed by atoms with Crippen LogP contribution in [-0.4, -0.2) is 6.29 Å². The molecular weight excluding hydrogens is 128 g/mol. The zero-order valence-electron chi connectivity index (χ0n) is 5.36. The first-order valence-corrected chi connectivity index (χ1v) is 2.92. The molecule has 0 unspecified atom stereocenters. The summed E-state index contributed by atoms with van der Waals surface area (Å²) in [6, 6.07) is 9.12. The van der Waals surface area contributed by atoms with E-state index < -0.39 is 0 Å². The Kier molecular flexibility index (Phi) is 2.49. The standard InChI is InChI=1S/C8H7O2/c9-6-7-10-8-4-2-1-3-5-8/h1-7H. The van der Waals surface area contributed by atoms with Crippen molar-refractivity contribution in [2.75, 3.05) is 0 Å². The molecule has 2 heteroatoms. The Hall–Kier alpha value is -1.31. The van der Waals surface area contributed by atoms with Gasteiger partial charge in [-0.15, -0.1) is 0 Å². The van der Waals surface area contributed by atoms with E-state index in [1.807, 2.05) is 18.2 Å². The normalized spacial score (nSPS) is 8.80. The van der Waals surface area contributed by atoms with Crippen molar-refractivity contribution in [2.24, 2.45) is 0 Å². The Morgan fingerprint density at radius 3 is 2.50 bits per heavy atom. The molecule has 2 nitrogen and oxygen atoms in total. The number of carbonyl (C=O) groups excluding carboxylic acids is 1. The molecule has 0 saturated carbocycles. The van der Waals surface area contributed by atoms with E-state index in [2.05, 4.69) is 0 Å². The first kappa shape index (κ1) is 6.81. The Morgan fingerprint density at radius 2 is 1.90 bits per heavy atom. The molecule has 1 aromatic carbocycles. The van der Waals surface area contributed by atoms with Crippen molar-refractivity contribution >= 4 is 6.29 Å². The fourth-order valence-electron chi connectivity index (χ4n) is 0.605. The third-order valence-corrected chi connectivity index (χ3v) is 1.00. The van der Waals surface area contributed by atoms with Gasteiger partial charge in [0.15, 0.2) is 12.9 Å². The molecule has 0 aliphatic rings. The van der Waals surface area contributed by atoms with Crippen molar-refractivity contribution < 1.29 is 9.53 Å². The van der Waals surface area contributed by atoms with Gasteiger partial charge < -0.3 is 4.74 Å². The smallest absolute Gasteiger partial charge is 0.197 e. The largest absolute Gasteiger partial charge is 0.479 e. The van der Waals surface area contributed by atoms with Crippen LogP contribution in [0.3, 0.4) is 0 Å². The second-order valence-electron chi connectivity index (χ2n) is 1.70. The molecule has 0 N–H and O–H groups in total. The van der Waals surface area contributed by atoms with Crippen LogP contribution in [-0.2, 0) is 4.79 Å². The molecule has 0 saturated heterocycles. The lowest BCUT2D eigenvalue weighted by Gasteiger charge is -1.97. The van der Waals surface area contributed by atoms with E-state index in [0.717, 1.165) is 6.61 Å². The number of para-hydroxylation sites is 1. The van der Waals surface area contributed by atoms with Gasteiger partial charge in [-0.05, 0) is 12.1 Å². The fourth-order valence-corrected chi connectivity index (χ4v) is 0.605. The van der Waals surface area contributed by atoms with Crippen molar-refractivity contribution in [2.45, 2.75) is 0 Å². The highest BCUT2D eigenvalue weighted by Crippen LogP contribution is 2.07. The van der Waals surface area contributed by atoms with Crippen LogP contribution in [0.15, 0.2) is 30.3 Å². The lowest BCUT2D eigenvalue weighted by Crippen LogP contribution is -1.88. The average Bonchev–Trinajstić information content (AvgIpc) is 2.03. The number of hydrogen-bond donors (Lipinski definition) is 0. The van der Waals surface area contributed by atoms with E-state index in [1.54, 1.807) is 12.1 Å². The topological polar surface area (TPSA) is 26.3 Å². The molecule has 1 rings (SSSR count). The number of aldehydes is 1. The van der Waals surface area contributed by atoms with Crippen LogP contribution in [0.2, 0.25) is 0 Å². The van der Waals surface area contributed by atoms with Gasteiger partial charge in [-0.1, -0.05) is 18.2 Å². The van der Waals surface area contributed by atoms with Crippen molar-refractivity contribution in [1.82, 2.24) is 0 Å². The first-order chi connectivity index (χ1) is 4.93. The van der Waals surface area contributed by atoms with Gasteiger partial charge in [0.2, 0.25) is 0 Å². The first-order valence-electron chi connectivity index (χ1n) is 2.92. The summed E-state index contributed by atoms with van der Waals surface area (Å²) >= 11 is 0. The van der Waals surface area contributed by atoms with E-state index in [0.29, 0.717) is 12.0 Å². The Balaban J connectivity index is 2.50. The molecule has 0 aliphatic carbocycles. The second kappa shape index (κ2) is 3.67. The highest BCUT2D eigenvalue weighted by Gasteiger charge is 1.87. The summed E-state index contributed by atoms with van der Waals surface area (Å²) < 4.78 is 4.86. The molecule has 0 aromatic heterocycles. The molecule has 0 atom stereocenters. The predicted octanol–water partition coefficient (Wildman–Crippen LogP) is 1.43. The minimum Gasteiger partial charge on any atom is -0.479 e. The zero-order valence-corrected chi connectivity index (χ0v) is 5.36. The van der Waals surface area contributed by atoms with Gasteiger partial charge in [-0.2, -0.15) is 0 Å². The molecule has 0 aliphatic heterocycles. The van der Waals surface area contributed by atoms with Crippen LogP contribution in [0.1, 0.15) is 0 Å². The molecule has 0 bridgehead atoms. The van der Waals surface area contributed by atoms with E-state index in [9.17, 15) is 4.79 Å². The summed E-state index contributed by atoms with van der Waals surface area (Å²) in [6.07, 6.45) is 0.604. The van der Waals surface area contributed by atoms with Gasteiger partial charge in [0.1, 0.15) is 5.75 Å². The van der Waals surface area contributed by atoms with Crippen molar-refractivity contribution in [3.63, 3.8) is 0 Å². The molecule has 0 spiro atoms. The quantitative estimate of drug-likeness (QED) is 0.586. The second-order valence-corrected chi connectivity index (χ2v) is 1.70. The fraction of sp³-hybridized carbons (Fsp3) is 0. The minimum absolute atomic E-state index is 0.604. The third kappa shape index (κ3) is 1.90. The van der Waals surface area contributed by atoms with Crippen LogP contribution in [0.25, 0.3) is 0 Å². The highest BCUT2D eigenvalue weighted by molar-refractivity contribution is 5.59. The van der Waals surface area contributed by atoms with Gasteiger partial charge in [0.05, 0.1) is 0 Å². The van der Waals surface area contributed by atoms with Crippen LogP contribution in [0.4, 0.5) is 0 Å². The Bertz CT molecular complexity index is 194. The van der Waals surface area contributed by atoms with Crippen LogP contribution in [0.5, 0.6) is 5.75 Å². The lowest BCUT2D eigenvalue weighted by atomic mass is 10.3. The summed E-state index contributed by atoms with van der Waals surface area (Å²) in [6.45, 7) is 1.11. The summed E-state index contributed by atoms with van der Waals surface area (Å²) in [5, 5.41) is 0. The van der Waals surface area contributed by atoms with E-state index in [1.165, 1.54) is 0 Å². The number of hydrogen-bond acceptors (Lipinski definition) is 2. The van der Waals surface area contributed by atoms with E-state index >= 15 is 0 Å². The highest BCUT2D eigenvalue weighted by atomic mass is 16.5. The molecule has 1 radical (unpaired) electrons. The maximum Gasteiger partial charge on any atom is 0.197 e. The van der Waals surface area contributed by atoms with Gasteiger partial charge >= 0.3 is 0 Å². The van der Waals surface area contributed by atoms with Gasteiger partial charge in [-0.25, -0.2) is 0 Å². The summed E-state index contributed by atoms with van der Waals surface area (Å²) in [7, 11) is 0. The van der Waals surface area contributed by atoms with Crippen LogP contribution in [0, 0.1) is 6.61 Å². The zero-order chi connectivity index (χ0) is 7.23. The number of ether oxygens (including phenoxy) is 1. The van der Waals surface area contributed by atoms with Crippen LogP contribution < -0.4 is 4.74 Å². The summed E-state index contributed by atoms with van der Waals surface area (Å²) in [5.74, 6) is 0.676. The predicted molar refractivity (Wildman–Crippen MR) is 37.4 cm³/mol. The monoisotopic (exact) mass is 135 g/mol. The molecule has 0 amide bonds. The average molecular weight is 135 g/mol. The molecule has 51 valence electrons. The summed E-state index contributed by atoms with van der Waals surface area (Å²) in [4.78, 5) is 9.80. The van der Waals surface area contributed by atoms with Crippen molar-refractivity contribution in [3.05, 3.63) is 36.9 Å². The number of rotatable bonds is 3. The van der Waals surface area contributed by atoms with Crippen molar-refractivity contribution in [3.8, 4) is 5.75 Å². The summed E-state index contributed by atoms with van der Waals surface area (Å²) in [5.41, 5.74) is 0. The maximum atomic E-state index is 9.80. The van der Waals surface area contributed by atoms with Gasteiger partial charge in [0, 0.05) is 0 Å². The molecule has 0 heterocycles. The molecule has 10 heavy (non-hydrogen) atoms. The number of benzene rings is 1. The van der Waals surface area contributed by atoms with E-state index in [-0.39, 0.29) is 0 Å². The number of carbonyl (C=O) groups is 1.